The van der Waals surface area contributed by atoms with Gasteiger partial charge < -0.3 is 13.7 Å². The SMILES string of the molecule is Cc1c(OCC(=O)c2c(C)n(C)c3ccccc23)ccc2c3c(c(=O)oc12)CC[C@H](C)C3. The second-order valence-corrected chi connectivity index (χ2v) is 9.01. The van der Waals surface area contributed by atoms with Gasteiger partial charge in [-0.1, -0.05) is 25.1 Å². The van der Waals surface area contributed by atoms with Crippen molar-refractivity contribution in [2.75, 3.05) is 6.61 Å². The first-order chi connectivity index (χ1) is 15.4. The molecule has 0 saturated heterocycles. The number of aryl methyl sites for hydroxylation is 2. The van der Waals surface area contributed by atoms with Crippen LogP contribution >= 0.6 is 0 Å². The standard InChI is InChI=1S/C27H27NO4/c1-15-9-10-19-21(13-15)18-11-12-24(16(2)26(18)32-27(19)30)31-14-23(29)25-17(3)28(4)22-8-6-5-7-20(22)25/h5-8,11-12,15H,9-10,13-14H2,1-4H3/t15-/m0/s1. The van der Waals surface area contributed by atoms with Crippen molar-refractivity contribution in [3.8, 4) is 5.75 Å². The highest BCUT2D eigenvalue weighted by molar-refractivity contribution is 6.10. The van der Waals surface area contributed by atoms with E-state index in [4.69, 9.17) is 9.15 Å². The number of benzene rings is 2. The summed E-state index contributed by atoms with van der Waals surface area (Å²) in [4.78, 5) is 25.7. The molecule has 2 aromatic heterocycles. The number of hydrogen-bond donors (Lipinski definition) is 0. The number of nitrogens with zero attached hydrogens (tertiary/aromatic N) is 1. The molecule has 5 nitrogen and oxygen atoms in total. The summed E-state index contributed by atoms with van der Waals surface area (Å²) >= 11 is 0. The molecule has 32 heavy (non-hydrogen) atoms. The molecule has 0 fully saturated rings. The minimum atomic E-state index is -0.248. The second kappa shape index (κ2) is 7.66. The fraction of sp³-hybridized carbons (Fsp3) is 0.333. The number of ether oxygens (including phenoxy) is 1. The smallest absolute Gasteiger partial charge is 0.339 e. The minimum absolute atomic E-state index is 0.0699. The van der Waals surface area contributed by atoms with Crippen molar-refractivity contribution in [2.45, 2.75) is 40.0 Å². The molecule has 164 valence electrons. The third kappa shape index (κ3) is 3.15. The third-order valence-corrected chi connectivity index (χ3v) is 6.96. The van der Waals surface area contributed by atoms with Crippen molar-refractivity contribution in [1.82, 2.24) is 4.57 Å². The maximum atomic E-state index is 13.1. The molecule has 0 aliphatic heterocycles. The lowest BCUT2D eigenvalue weighted by atomic mass is 9.84. The van der Waals surface area contributed by atoms with Crippen LogP contribution in [0.5, 0.6) is 5.75 Å². The molecule has 0 amide bonds. The van der Waals surface area contributed by atoms with Gasteiger partial charge in [-0.3, -0.25) is 4.79 Å². The molecule has 5 heteroatoms. The van der Waals surface area contributed by atoms with Gasteiger partial charge in [-0.2, -0.15) is 0 Å². The lowest BCUT2D eigenvalue weighted by molar-refractivity contribution is 0.0922. The van der Waals surface area contributed by atoms with E-state index in [1.54, 1.807) is 0 Å². The van der Waals surface area contributed by atoms with Crippen molar-refractivity contribution in [3.05, 3.63) is 74.8 Å². The van der Waals surface area contributed by atoms with Gasteiger partial charge in [0.05, 0.1) is 0 Å². The van der Waals surface area contributed by atoms with Crippen LogP contribution in [0.25, 0.3) is 21.9 Å². The van der Waals surface area contributed by atoms with Gasteiger partial charge in [-0.25, -0.2) is 4.79 Å². The number of rotatable bonds is 4. The van der Waals surface area contributed by atoms with Crippen LogP contribution in [0, 0.1) is 19.8 Å². The van der Waals surface area contributed by atoms with Crippen LogP contribution in [0.4, 0.5) is 0 Å². The van der Waals surface area contributed by atoms with E-state index in [2.05, 4.69) is 6.92 Å². The largest absolute Gasteiger partial charge is 0.485 e. The average Bonchev–Trinajstić information content (AvgIpc) is 3.04. The average molecular weight is 430 g/mol. The van der Waals surface area contributed by atoms with Crippen LogP contribution in [0.3, 0.4) is 0 Å². The number of ketones is 1. The number of hydrogen-bond acceptors (Lipinski definition) is 4. The zero-order chi connectivity index (χ0) is 22.6. The van der Waals surface area contributed by atoms with Crippen LogP contribution in [-0.4, -0.2) is 17.0 Å². The first kappa shape index (κ1) is 20.6. The molecule has 1 aliphatic rings. The molecule has 0 radical (unpaired) electrons. The molecule has 5 rings (SSSR count). The van der Waals surface area contributed by atoms with Gasteiger partial charge in [0, 0.05) is 45.7 Å². The quantitative estimate of drug-likeness (QED) is 0.327. The summed E-state index contributed by atoms with van der Waals surface area (Å²) in [7, 11) is 1.96. The Labute approximate surface area is 186 Å². The molecule has 0 unspecified atom stereocenters. The monoisotopic (exact) mass is 429 g/mol. The molecule has 1 aliphatic carbocycles. The van der Waals surface area contributed by atoms with E-state index in [1.807, 2.05) is 61.9 Å². The predicted molar refractivity (Wildman–Crippen MR) is 126 cm³/mol. The fourth-order valence-corrected chi connectivity index (χ4v) is 5.05. The van der Waals surface area contributed by atoms with Gasteiger partial charge in [0.2, 0.25) is 5.78 Å². The molecule has 0 N–H and O–H groups in total. The molecule has 4 aromatic rings. The maximum Gasteiger partial charge on any atom is 0.339 e. The summed E-state index contributed by atoms with van der Waals surface area (Å²) < 4.78 is 13.7. The molecule has 0 saturated carbocycles. The summed E-state index contributed by atoms with van der Waals surface area (Å²) in [5.74, 6) is 1.04. The van der Waals surface area contributed by atoms with Gasteiger partial charge in [0.25, 0.3) is 0 Å². The number of carbonyl (C=O) groups excluding carboxylic acids is 1. The zero-order valence-electron chi connectivity index (χ0n) is 19.0. The van der Waals surface area contributed by atoms with Gasteiger partial charge in [-0.05, 0) is 62.8 Å². The van der Waals surface area contributed by atoms with E-state index < -0.39 is 0 Å². The minimum Gasteiger partial charge on any atom is -0.485 e. The number of aromatic nitrogens is 1. The first-order valence-corrected chi connectivity index (χ1v) is 11.1. The van der Waals surface area contributed by atoms with Crippen molar-refractivity contribution in [3.63, 3.8) is 0 Å². The normalized spacial score (nSPS) is 15.8. The predicted octanol–water partition coefficient (Wildman–Crippen LogP) is 5.29. The Morgan fingerprint density at radius 1 is 1.12 bits per heavy atom. The van der Waals surface area contributed by atoms with Crippen LogP contribution in [0.1, 0.15) is 46.1 Å². The van der Waals surface area contributed by atoms with E-state index >= 15 is 0 Å². The highest BCUT2D eigenvalue weighted by atomic mass is 16.5. The summed E-state index contributed by atoms with van der Waals surface area (Å²) in [5.41, 5.74) is 5.62. The molecule has 2 heterocycles. The van der Waals surface area contributed by atoms with Gasteiger partial charge in [0.15, 0.2) is 6.61 Å². The highest BCUT2D eigenvalue weighted by Gasteiger charge is 2.24. The molecular formula is C27H27NO4. The Balaban J connectivity index is 1.48. The van der Waals surface area contributed by atoms with Crippen LogP contribution in [0.15, 0.2) is 45.6 Å². The van der Waals surface area contributed by atoms with E-state index in [-0.39, 0.29) is 18.0 Å². The Bertz CT molecular complexity index is 1440. The van der Waals surface area contributed by atoms with Gasteiger partial charge in [-0.15, -0.1) is 0 Å². The summed E-state index contributed by atoms with van der Waals surface area (Å²) in [6, 6.07) is 11.7. The van der Waals surface area contributed by atoms with E-state index in [1.165, 1.54) is 0 Å². The lowest BCUT2D eigenvalue weighted by Crippen LogP contribution is -2.20. The zero-order valence-corrected chi connectivity index (χ0v) is 19.0. The van der Waals surface area contributed by atoms with Gasteiger partial charge >= 0.3 is 5.63 Å². The van der Waals surface area contributed by atoms with Gasteiger partial charge in [0.1, 0.15) is 11.3 Å². The Morgan fingerprint density at radius 3 is 2.72 bits per heavy atom. The second-order valence-electron chi connectivity index (χ2n) is 9.01. The molecule has 0 spiro atoms. The lowest BCUT2D eigenvalue weighted by Gasteiger charge is -2.22. The van der Waals surface area contributed by atoms with E-state index in [0.29, 0.717) is 22.8 Å². The number of fused-ring (bicyclic) bond motifs is 4. The fourth-order valence-electron chi connectivity index (χ4n) is 5.05. The van der Waals surface area contributed by atoms with E-state index in [0.717, 1.165) is 57.9 Å². The van der Waals surface area contributed by atoms with Crippen molar-refractivity contribution < 1.29 is 13.9 Å². The summed E-state index contributed by atoms with van der Waals surface area (Å²) in [5, 5.41) is 1.91. The van der Waals surface area contributed by atoms with Crippen molar-refractivity contribution in [2.24, 2.45) is 13.0 Å². The topological polar surface area (TPSA) is 61.4 Å². The van der Waals surface area contributed by atoms with E-state index in [9.17, 15) is 9.59 Å². The number of carbonyl (C=O) groups is 1. The molecule has 2 aromatic carbocycles. The van der Waals surface area contributed by atoms with Crippen molar-refractivity contribution in [1.29, 1.82) is 0 Å². The van der Waals surface area contributed by atoms with Crippen LogP contribution in [-0.2, 0) is 19.9 Å². The van der Waals surface area contributed by atoms with Crippen molar-refractivity contribution >= 4 is 27.7 Å². The summed E-state index contributed by atoms with van der Waals surface area (Å²) in [6.07, 6.45) is 2.67. The summed E-state index contributed by atoms with van der Waals surface area (Å²) in [6.45, 7) is 5.97. The number of para-hydroxylation sites is 1. The van der Waals surface area contributed by atoms with Crippen LogP contribution in [0.2, 0.25) is 0 Å². The molecule has 1 atom stereocenters. The first-order valence-electron chi connectivity index (χ1n) is 11.1. The molecular weight excluding hydrogens is 402 g/mol. The Hall–Kier alpha value is -3.34. The Kier molecular flexibility index (Phi) is 4.92. The molecule has 0 bridgehead atoms. The maximum absolute atomic E-state index is 13.1. The Morgan fingerprint density at radius 2 is 1.91 bits per heavy atom. The third-order valence-electron chi connectivity index (χ3n) is 6.96. The van der Waals surface area contributed by atoms with Crippen LogP contribution < -0.4 is 10.4 Å². The highest BCUT2D eigenvalue weighted by Crippen LogP contribution is 2.34. The number of Topliss-reactive ketones (excluding diaryl/α,β-unsaturated/α-hetero) is 1.